The smallest absolute Gasteiger partial charge is 0.109 e. The number of ether oxygens (including phenoxy) is 1. The van der Waals surface area contributed by atoms with Crippen LogP contribution in [0.3, 0.4) is 0 Å². The van der Waals surface area contributed by atoms with E-state index in [1.807, 2.05) is 0 Å². The lowest BCUT2D eigenvalue weighted by Crippen LogP contribution is -2.25. The molecule has 0 bridgehead atoms. The van der Waals surface area contributed by atoms with Gasteiger partial charge in [-0.15, -0.1) is 6.42 Å². The van der Waals surface area contributed by atoms with Gasteiger partial charge in [0.15, 0.2) is 0 Å². The van der Waals surface area contributed by atoms with Crippen LogP contribution < -0.4 is 0 Å². The van der Waals surface area contributed by atoms with Gasteiger partial charge >= 0.3 is 0 Å². The average Bonchev–Trinajstić information content (AvgIpc) is 1.99. The van der Waals surface area contributed by atoms with Crippen LogP contribution in [0.4, 0.5) is 0 Å². The lowest BCUT2D eigenvalue weighted by Gasteiger charge is -2.16. The molecule has 0 radical (unpaired) electrons. The van der Waals surface area contributed by atoms with Crippen LogP contribution in [0.25, 0.3) is 0 Å². The molecule has 0 amide bonds. The molecule has 0 aromatic rings. The fraction of sp³-hybridized carbons (Fsp3) is 0.750. The van der Waals surface area contributed by atoms with Gasteiger partial charge < -0.3 is 4.74 Å². The monoisotopic (exact) mass is 141 g/mol. The second kappa shape index (κ2) is 6.60. The molecule has 0 N–H and O–H groups in total. The Hall–Kier alpha value is -0.520. The maximum atomic E-state index is 5.12. The number of hydrogen-bond donors (Lipinski definition) is 0. The van der Waals surface area contributed by atoms with Crippen molar-refractivity contribution in [1.29, 1.82) is 0 Å². The van der Waals surface area contributed by atoms with E-state index in [9.17, 15) is 0 Å². The molecule has 10 heavy (non-hydrogen) atoms. The Morgan fingerprint density at radius 2 is 2.00 bits per heavy atom. The molecule has 0 aliphatic carbocycles. The first kappa shape index (κ1) is 9.48. The molecule has 0 saturated heterocycles. The van der Waals surface area contributed by atoms with Crippen molar-refractivity contribution in [2.24, 2.45) is 0 Å². The first-order chi connectivity index (χ1) is 4.85. The fourth-order valence-electron chi connectivity index (χ4n) is 0.640. The number of hydrogen-bond acceptors (Lipinski definition) is 2. The lowest BCUT2D eigenvalue weighted by molar-refractivity contribution is 0.0529. The average molecular weight is 141 g/mol. The van der Waals surface area contributed by atoms with Crippen molar-refractivity contribution in [3.63, 3.8) is 0 Å². The summed E-state index contributed by atoms with van der Waals surface area (Å²) in [4.78, 5) is 2.16. The van der Waals surface area contributed by atoms with Gasteiger partial charge in [0.1, 0.15) is 13.3 Å². The van der Waals surface area contributed by atoms with Crippen molar-refractivity contribution in [2.45, 2.75) is 13.8 Å². The maximum Gasteiger partial charge on any atom is 0.109 e. The molecule has 0 rings (SSSR count). The number of nitrogens with zero attached hydrogens (tertiary/aromatic N) is 1. The van der Waals surface area contributed by atoms with Gasteiger partial charge in [-0.1, -0.05) is 19.8 Å². The summed E-state index contributed by atoms with van der Waals surface area (Å²) >= 11 is 0. The molecule has 0 saturated carbocycles. The normalized spacial score (nSPS) is 9.80. The van der Waals surface area contributed by atoms with Crippen LogP contribution >= 0.6 is 0 Å². The minimum absolute atomic E-state index is 0.413. The predicted molar refractivity (Wildman–Crippen MR) is 42.6 cm³/mol. The third kappa shape index (κ3) is 4.37. The van der Waals surface area contributed by atoms with Crippen molar-refractivity contribution in [3.8, 4) is 12.3 Å². The van der Waals surface area contributed by atoms with E-state index in [2.05, 4.69) is 24.7 Å². The van der Waals surface area contributed by atoms with Gasteiger partial charge in [0.2, 0.25) is 0 Å². The SMILES string of the molecule is C#CCOCN(CC)CC. The van der Waals surface area contributed by atoms with Crippen LogP contribution in [-0.4, -0.2) is 31.3 Å². The zero-order chi connectivity index (χ0) is 7.82. The molecule has 0 aliphatic heterocycles. The van der Waals surface area contributed by atoms with E-state index in [-0.39, 0.29) is 0 Å². The quantitative estimate of drug-likeness (QED) is 0.321. The van der Waals surface area contributed by atoms with E-state index in [1.54, 1.807) is 0 Å². The fourth-order valence-corrected chi connectivity index (χ4v) is 0.640. The molecule has 0 unspecified atom stereocenters. The maximum absolute atomic E-state index is 5.12. The Kier molecular flexibility index (Phi) is 6.25. The molecule has 0 spiro atoms. The summed E-state index contributed by atoms with van der Waals surface area (Å²) in [7, 11) is 0. The van der Waals surface area contributed by atoms with Crippen LogP contribution in [0.2, 0.25) is 0 Å². The van der Waals surface area contributed by atoms with E-state index in [0.717, 1.165) is 13.1 Å². The van der Waals surface area contributed by atoms with Gasteiger partial charge in [0, 0.05) is 0 Å². The second-order valence-electron chi connectivity index (χ2n) is 1.98. The van der Waals surface area contributed by atoms with Gasteiger partial charge in [-0.2, -0.15) is 0 Å². The molecular formula is C8H15NO. The Labute approximate surface area is 63.2 Å². The first-order valence-corrected chi connectivity index (χ1v) is 3.58. The Bertz CT molecular complexity index is 102. The molecule has 58 valence electrons. The van der Waals surface area contributed by atoms with Gasteiger partial charge in [-0.05, 0) is 13.1 Å². The summed E-state index contributed by atoms with van der Waals surface area (Å²) in [5, 5.41) is 0. The van der Waals surface area contributed by atoms with Crippen molar-refractivity contribution >= 4 is 0 Å². The van der Waals surface area contributed by atoms with Gasteiger partial charge in [-0.25, -0.2) is 0 Å². The molecule has 0 aromatic carbocycles. The van der Waals surface area contributed by atoms with Gasteiger partial charge in [0.05, 0.1) is 0 Å². The van der Waals surface area contributed by atoms with E-state index >= 15 is 0 Å². The predicted octanol–water partition coefficient (Wildman–Crippen LogP) is 0.936. The first-order valence-electron chi connectivity index (χ1n) is 3.58. The second-order valence-corrected chi connectivity index (χ2v) is 1.98. The zero-order valence-corrected chi connectivity index (χ0v) is 6.76. The standard InChI is InChI=1S/C8H15NO/c1-4-7-10-8-9(5-2)6-3/h1H,5-8H2,2-3H3. The van der Waals surface area contributed by atoms with E-state index in [4.69, 9.17) is 11.2 Å². The number of terminal acetylenes is 1. The third-order valence-electron chi connectivity index (χ3n) is 1.35. The molecule has 0 atom stereocenters. The minimum Gasteiger partial charge on any atom is -0.353 e. The van der Waals surface area contributed by atoms with Crippen LogP contribution in [0.5, 0.6) is 0 Å². The van der Waals surface area contributed by atoms with Crippen molar-refractivity contribution in [2.75, 3.05) is 26.4 Å². The van der Waals surface area contributed by atoms with E-state index < -0.39 is 0 Å². The van der Waals surface area contributed by atoms with Crippen LogP contribution in [0, 0.1) is 12.3 Å². The Morgan fingerprint density at radius 3 is 2.40 bits per heavy atom. The molecule has 2 nitrogen and oxygen atoms in total. The Balaban J connectivity index is 3.19. The highest BCUT2D eigenvalue weighted by Crippen LogP contribution is 1.86. The van der Waals surface area contributed by atoms with Crippen LogP contribution in [-0.2, 0) is 4.74 Å². The van der Waals surface area contributed by atoms with Gasteiger partial charge in [0.25, 0.3) is 0 Å². The lowest BCUT2D eigenvalue weighted by atomic mass is 10.6. The highest BCUT2D eigenvalue weighted by Gasteiger charge is 1.95. The largest absolute Gasteiger partial charge is 0.353 e. The highest BCUT2D eigenvalue weighted by atomic mass is 16.5. The molecule has 2 heteroatoms. The van der Waals surface area contributed by atoms with E-state index in [1.165, 1.54) is 0 Å². The van der Waals surface area contributed by atoms with Crippen LogP contribution in [0.1, 0.15) is 13.8 Å². The zero-order valence-electron chi connectivity index (χ0n) is 6.76. The molecule has 0 heterocycles. The highest BCUT2D eigenvalue weighted by molar-refractivity contribution is 4.82. The van der Waals surface area contributed by atoms with Crippen molar-refractivity contribution < 1.29 is 4.74 Å². The van der Waals surface area contributed by atoms with Gasteiger partial charge in [-0.3, -0.25) is 4.90 Å². The summed E-state index contributed by atoms with van der Waals surface area (Å²) in [5.41, 5.74) is 0. The molecule has 0 aliphatic rings. The van der Waals surface area contributed by atoms with Crippen molar-refractivity contribution in [3.05, 3.63) is 0 Å². The Morgan fingerprint density at radius 1 is 1.40 bits per heavy atom. The molecule has 0 aromatic heterocycles. The third-order valence-corrected chi connectivity index (χ3v) is 1.35. The summed E-state index contributed by atoms with van der Waals surface area (Å²) in [6.07, 6.45) is 5.00. The summed E-state index contributed by atoms with van der Waals surface area (Å²) in [6, 6.07) is 0. The summed E-state index contributed by atoms with van der Waals surface area (Å²) in [5.74, 6) is 2.42. The van der Waals surface area contributed by atoms with Crippen LogP contribution in [0.15, 0.2) is 0 Å². The minimum atomic E-state index is 0.413. The summed E-state index contributed by atoms with van der Waals surface area (Å²) in [6.45, 7) is 7.29. The molecular weight excluding hydrogens is 126 g/mol. The number of rotatable bonds is 5. The van der Waals surface area contributed by atoms with E-state index in [0.29, 0.717) is 13.3 Å². The molecule has 0 fully saturated rings. The summed E-state index contributed by atoms with van der Waals surface area (Å²) < 4.78 is 5.12. The van der Waals surface area contributed by atoms with Crippen molar-refractivity contribution in [1.82, 2.24) is 4.90 Å². The topological polar surface area (TPSA) is 12.5 Å².